The Labute approximate surface area is 147 Å². The van der Waals surface area contributed by atoms with Gasteiger partial charge in [0.15, 0.2) is 0 Å². The normalized spacial score (nSPS) is 11.5. The van der Waals surface area contributed by atoms with E-state index in [1.807, 2.05) is 0 Å². The van der Waals surface area contributed by atoms with Crippen molar-refractivity contribution < 1.29 is 19.7 Å². The van der Waals surface area contributed by atoms with Crippen LogP contribution in [0.25, 0.3) is 18.3 Å². The minimum Gasteiger partial charge on any atom is -0.870 e. The molecule has 0 aliphatic rings. The van der Waals surface area contributed by atoms with E-state index in [-0.39, 0.29) is 22.6 Å². The van der Waals surface area contributed by atoms with Crippen molar-refractivity contribution in [2.75, 3.05) is 7.11 Å². The number of H-pyrrole nitrogens is 1. The van der Waals surface area contributed by atoms with Crippen LogP contribution in [0.2, 0.25) is 0 Å². The Morgan fingerprint density at radius 2 is 1.96 bits per heavy atom. The lowest BCUT2D eigenvalue weighted by Gasteiger charge is -2.11. The van der Waals surface area contributed by atoms with Crippen LogP contribution in [0.15, 0.2) is 47.3 Å². The molecule has 132 valence electrons. The summed E-state index contributed by atoms with van der Waals surface area (Å²) in [5.41, 5.74) is 0.885. The van der Waals surface area contributed by atoms with E-state index in [1.54, 1.807) is 18.2 Å². The summed E-state index contributed by atoms with van der Waals surface area (Å²) in [4.78, 5) is 23.6. The number of benzene rings is 2. The zero-order valence-corrected chi connectivity index (χ0v) is 13.9. The van der Waals surface area contributed by atoms with Gasteiger partial charge in [0, 0.05) is 0 Å². The number of carbonyl (C=O) groups is 1. The fourth-order valence-corrected chi connectivity index (χ4v) is 2.52. The van der Waals surface area contributed by atoms with E-state index >= 15 is 0 Å². The SMILES string of the molecule is C=c1[nH]n(-c2ccc(C(=O)O)cc2)c(=O)/c1=C\c1ccc([O-])c(OC)c1. The highest BCUT2D eigenvalue weighted by atomic mass is 16.5. The first-order valence-corrected chi connectivity index (χ1v) is 7.61. The van der Waals surface area contributed by atoms with Gasteiger partial charge >= 0.3 is 5.97 Å². The molecule has 0 unspecified atom stereocenters. The van der Waals surface area contributed by atoms with Crippen molar-refractivity contribution in [2.24, 2.45) is 0 Å². The van der Waals surface area contributed by atoms with Crippen molar-refractivity contribution in [1.29, 1.82) is 0 Å². The van der Waals surface area contributed by atoms with E-state index in [1.165, 1.54) is 42.1 Å². The molecule has 0 spiro atoms. The van der Waals surface area contributed by atoms with E-state index in [4.69, 9.17) is 9.84 Å². The number of hydrogen-bond donors (Lipinski definition) is 2. The molecule has 3 aromatic rings. The van der Waals surface area contributed by atoms with Gasteiger partial charge in [-0.25, -0.2) is 9.48 Å². The van der Waals surface area contributed by atoms with Gasteiger partial charge in [0.05, 0.1) is 28.9 Å². The van der Waals surface area contributed by atoms with E-state index in [9.17, 15) is 14.7 Å². The van der Waals surface area contributed by atoms with Crippen LogP contribution in [0, 0.1) is 0 Å². The number of aromatic carboxylic acids is 1. The van der Waals surface area contributed by atoms with Crippen LogP contribution in [-0.4, -0.2) is 28.0 Å². The molecule has 1 heterocycles. The van der Waals surface area contributed by atoms with E-state index < -0.39 is 5.97 Å². The van der Waals surface area contributed by atoms with Gasteiger partial charge < -0.3 is 14.9 Å². The number of ether oxygens (including phenoxy) is 1. The van der Waals surface area contributed by atoms with Gasteiger partial charge in [-0.15, -0.1) is 0 Å². The second-order valence-corrected chi connectivity index (χ2v) is 5.55. The predicted octanol–water partition coefficient (Wildman–Crippen LogP) is 0.185. The molecule has 2 N–H and O–H groups in total. The Morgan fingerprint density at radius 1 is 1.27 bits per heavy atom. The van der Waals surface area contributed by atoms with Crippen LogP contribution < -0.4 is 26.0 Å². The number of methoxy groups -OCH3 is 1. The smallest absolute Gasteiger partial charge is 0.335 e. The molecule has 0 aliphatic carbocycles. The Balaban J connectivity index is 2.10. The average Bonchev–Trinajstić information content (AvgIpc) is 2.91. The van der Waals surface area contributed by atoms with E-state index in [0.717, 1.165) is 0 Å². The highest BCUT2D eigenvalue weighted by Gasteiger charge is 2.07. The number of carboxylic acids is 1. The maximum atomic E-state index is 12.7. The molecule has 0 amide bonds. The summed E-state index contributed by atoms with van der Waals surface area (Å²) in [6.45, 7) is 3.83. The molecule has 1 aromatic heterocycles. The molecule has 0 saturated heterocycles. The molecule has 0 radical (unpaired) electrons. The summed E-state index contributed by atoms with van der Waals surface area (Å²) in [5, 5.41) is 24.1. The fourth-order valence-electron chi connectivity index (χ4n) is 2.52. The summed E-state index contributed by atoms with van der Waals surface area (Å²) in [7, 11) is 1.40. The van der Waals surface area contributed by atoms with Crippen molar-refractivity contribution in [3.63, 3.8) is 0 Å². The number of aromatic nitrogens is 2. The maximum absolute atomic E-state index is 12.7. The third kappa shape index (κ3) is 3.10. The third-order valence-corrected chi connectivity index (χ3v) is 3.88. The summed E-state index contributed by atoms with van der Waals surface area (Å²) in [6, 6.07) is 10.4. The Kier molecular flexibility index (Phi) is 4.36. The molecular formula is C19H15N2O5-. The fraction of sp³-hybridized carbons (Fsp3) is 0.0526. The van der Waals surface area contributed by atoms with Crippen LogP contribution in [0.5, 0.6) is 11.5 Å². The molecule has 2 aromatic carbocycles. The third-order valence-electron chi connectivity index (χ3n) is 3.88. The van der Waals surface area contributed by atoms with E-state index in [0.29, 0.717) is 21.8 Å². The number of nitrogens with one attached hydrogen (secondary N) is 1. The average molecular weight is 351 g/mol. The molecule has 26 heavy (non-hydrogen) atoms. The van der Waals surface area contributed by atoms with Crippen LogP contribution in [0.1, 0.15) is 15.9 Å². The summed E-state index contributed by atoms with van der Waals surface area (Å²) in [5.74, 6) is -1.10. The van der Waals surface area contributed by atoms with Crippen LogP contribution >= 0.6 is 0 Å². The lowest BCUT2D eigenvalue weighted by atomic mass is 10.1. The van der Waals surface area contributed by atoms with Gasteiger partial charge in [-0.1, -0.05) is 24.5 Å². The summed E-state index contributed by atoms with van der Waals surface area (Å²) in [6.07, 6.45) is 1.60. The number of rotatable bonds is 4. The van der Waals surface area contributed by atoms with Gasteiger partial charge in [0.2, 0.25) is 0 Å². The second-order valence-electron chi connectivity index (χ2n) is 5.55. The summed E-state index contributed by atoms with van der Waals surface area (Å²) < 4.78 is 6.28. The molecule has 7 heteroatoms. The van der Waals surface area contributed by atoms with Gasteiger partial charge in [-0.3, -0.25) is 9.89 Å². The summed E-state index contributed by atoms with van der Waals surface area (Å²) >= 11 is 0. The van der Waals surface area contributed by atoms with Crippen molar-refractivity contribution in [2.45, 2.75) is 0 Å². The Bertz CT molecular complexity index is 1140. The van der Waals surface area contributed by atoms with Crippen molar-refractivity contribution in [3.05, 3.63) is 74.5 Å². The molecule has 0 bridgehead atoms. The van der Waals surface area contributed by atoms with Crippen molar-refractivity contribution in [3.8, 4) is 17.2 Å². The lowest BCUT2D eigenvalue weighted by Crippen LogP contribution is -2.33. The minimum absolute atomic E-state index is 0.125. The molecular weight excluding hydrogens is 336 g/mol. The second kappa shape index (κ2) is 6.64. The monoisotopic (exact) mass is 351 g/mol. The predicted molar refractivity (Wildman–Crippen MR) is 94.1 cm³/mol. The van der Waals surface area contributed by atoms with Crippen LogP contribution in [0.4, 0.5) is 0 Å². The maximum Gasteiger partial charge on any atom is 0.335 e. The van der Waals surface area contributed by atoms with Crippen LogP contribution in [0.3, 0.4) is 0 Å². The Morgan fingerprint density at radius 3 is 2.58 bits per heavy atom. The number of carboxylic acid groups (broad SMARTS) is 1. The first-order valence-electron chi connectivity index (χ1n) is 7.61. The molecule has 0 saturated carbocycles. The van der Waals surface area contributed by atoms with Gasteiger partial charge in [-0.2, -0.15) is 0 Å². The quantitative estimate of drug-likeness (QED) is 0.697. The van der Waals surface area contributed by atoms with Gasteiger partial charge in [-0.05, 0) is 42.0 Å². The topological polar surface area (TPSA) is 107 Å². The molecule has 7 nitrogen and oxygen atoms in total. The number of hydrogen-bond acceptors (Lipinski definition) is 4. The Hall–Kier alpha value is -3.74. The van der Waals surface area contributed by atoms with Crippen LogP contribution in [-0.2, 0) is 0 Å². The zero-order chi connectivity index (χ0) is 18.8. The van der Waals surface area contributed by atoms with Crippen molar-refractivity contribution in [1.82, 2.24) is 9.78 Å². The first-order chi connectivity index (χ1) is 12.4. The highest BCUT2D eigenvalue weighted by Crippen LogP contribution is 2.23. The molecule has 3 rings (SSSR count). The lowest BCUT2D eigenvalue weighted by molar-refractivity contribution is -0.270. The molecule has 0 aliphatic heterocycles. The standard InChI is InChI=1S/C19H16N2O5/c1-11-15(9-12-3-8-16(22)17(10-12)26-2)18(23)21(20-11)14-6-4-13(5-7-14)19(24)25/h3-10,20,22H,1H2,2H3,(H,24,25)/p-1/b15-9-. The first kappa shape index (κ1) is 17.1. The minimum atomic E-state index is -1.04. The van der Waals surface area contributed by atoms with Gasteiger partial charge in [0.25, 0.3) is 5.56 Å². The van der Waals surface area contributed by atoms with Gasteiger partial charge in [0.1, 0.15) is 5.75 Å². The van der Waals surface area contributed by atoms with E-state index in [2.05, 4.69) is 11.7 Å². The van der Waals surface area contributed by atoms with Crippen molar-refractivity contribution >= 4 is 18.6 Å². The molecule has 0 atom stereocenters. The molecule has 0 fully saturated rings. The largest absolute Gasteiger partial charge is 0.870 e. The number of nitrogens with zero attached hydrogens (tertiary/aromatic N) is 1. The highest BCUT2D eigenvalue weighted by molar-refractivity contribution is 5.87. The zero-order valence-electron chi connectivity index (χ0n) is 13.9. The number of aromatic amines is 1.